The maximum absolute atomic E-state index is 11.9. The number of sulfone groups is 1. The van der Waals surface area contributed by atoms with E-state index in [4.69, 9.17) is 4.74 Å². The molecule has 1 aromatic carbocycles. The molecular weight excluding hydrogens is 278 g/mol. The fourth-order valence-corrected chi connectivity index (χ4v) is 2.23. The van der Waals surface area contributed by atoms with Crippen LogP contribution in [0.5, 0.6) is 0 Å². The summed E-state index contributed by atoms with van der Waals surface area (Å²) in [5.74, 6) is -0.278. The first-order chi connectivity index (χ1) is 9.30. The molecule has 0 saturated heterocycles. The van der Waals surface area contributed by atoms with Crippen LogP contribution in [0.2, 0.25) is 0 Å². The summed E-state index contributed by atoms with van der Waals surface area (Å²) >= 11 is 0. The molecule has 1 aromatic rings. The molecule has 1 N–H and O–H groups in total. The molecule has 6 heteroatoms. The summed E-state index contributed by atoms with van der Waals surface area (Å²) in [6.07, 6.45) is 2.01. The molecule has 0 bridgehead atoms. The van der Waals surface area contributed by atoms with E-state index in [1.165, 1.54) is 12.1 Å². The van der Waals surface area contributed by atoms with E-state index < -0.39 is 9.84 Å². The van der Waals surface area contributed by atoms with Crippen molar-refractivity contribution in [1.82, 2.24) is 5.32 Å². The molecule has 0 heterocycles. The van der Waals surface area contributed by atoms with Gasteiger partial charge in [0.2, 0.25) is 0 Å². The maximum Gasteiger partial charge on any atom is 0.251 e. The van der Waals surface area contributed by atoms with Gasteiger partial charge in [0.1, 0.15) is 0 Å². The Morgan fingerprint density at radius 3 is 2.65 bits per heavy atom. The van der Waals surface area contributed by atoms with Crippen LogP contribution in [0.1, 0.15) is 30.6 Å². The van der Waals surface area contributed by atoms with E-state index in [1.54, 1.807) is 12.1 Å². The number of amides is 1. The van der Waals surface area contributed by atoms with Crippen molar-refractivity contribution in [3.8, 4) is 0 Å². The Balaban J connectivity index is 2.52. The van der Waals surface area contributed by atoms with Crippen molar-refractivity contribution in [2.75, 3.05) is 19.4 Å². The number of ether oxygens (including phenoxy) is 1. The number of hydrogen-bond donors (Lipinski definition) is 1. The average Bonchev–Trinajstić information content (AvgIpc) is 2.37. The summed E-state index contributed by atoms with van der Waals surface area (Å²) in [7, 11) is -3.30. The first kappa shape index (κ1) is 16.7. The van der Waals surface area contributed by atoms with E-state index >= 15 is 0 Å². The highest BCUT2D eigenvalue weighted by molar-refractivity contribution is 7.90. The lowest BCUT2D eigenvalue weighted by molar-refractivity contribution is 0.0757. The van der Waals surface area contributed by atoms with Crippen molar-refractivity contribution >= 4 is 15.7 Å². The molecule has 1 rings (SSSR count). The van der Waals surface area contributed by atoms with Gasteiger partial charge < -0.3 is 10.1 Å². The van der Waals surface area contributed by atoms with E-state index in [9.17, 15) is 13.2 Å². The van der Waals surface area contributed by atoms with E-state index in [0.29, 0.717) is 18.7 Å². The highest BCUT2D eigenvalue weighted by Gasteiger charge is 2.11. The topological polar surface area (TPSA) is 72.5 Å². The highest BCUT2D eigenvalue weighted by Crippen LogP contribution is 2.11. The van der Waals surface area contributed by atoms with E-state index in [1.807, 2.05) is 13.8 Å². The summed E-state index contributed by atoms with van der Waals surface area (Å²) < 4.78 is 28.2. The monoisotopic (exact) mass is 299 g/mol. The zero-order chi connectivity index (χ0) is 15.2. The molecule has 0 saturated carbocycles. The third-order valence-corrected chi connectivity index (χ3v) is 3.69. The molecule has 0 aliphatic rings. The minimum atomic E-state index is -3.30. The summed E-state index contributed by atoms with van der Waals surface area (Å²) in [5, 5.41) is 2.74. The average molecular weight is 299 g/mol. The first-order valence-corrected chi connectivity index (χ1v) is 8.40. The third-order valence-electron chi connectivity index (χ3n) is 2.58. The predicted octanol–water partition coefficient (Wildman–Crippen LogP) is 1.64. The number of hydrogen-bond acceptors (Lipinski definition) is 4. The normalized spacial score (nSPS) is 11.6. The van der Waals surface area contributed by atoms with E-state index in [-0.39, 0.29) is 16.9 Å². The van der Waals surface area contributed by atoms with Crippen molar-refractivity contribution in [2.24, 2.45) is 0 Å². The molecule has 0 unspecified atom stereocenters. The number of benzene rings is 1. The Kier molecular flexibility index (Phi) is 6.16. The van der Waals surface area contributed by atoms with Crippen molar-refractivity contribution in [1.29, 1.82) is 0 Å². The Hall–Kier alpha value is -1.40. The van der Waals surface area contributed by atoms with Crippen molar-refractivity contribution < 1.29 is 17.9 Å². The molecule has 0 fully saturated rings. The second kappa shape index (κ2) is 7.40. The Bertz CT molecular complexity index is 552. The number of carbonyl (C=O) groups excluding carboxylic acids is 1. The van der Waals surface area contributed by atoms with Crippen LogP contribution in [0.3, 0.4) is 0 Å². The van der Waals surface area contributed by atoms with E-state index in [2.05, 4.69) is 5.32 Å². The van der Waals surface area contributed by atoms with Crippen molar-refractivity contribution in [3.05, 3.63) is 29.8 Å². The standard InChI is InChI=1S/C14H21NO4S/c1-11(2)19-9-5-8-15-14(16)12-6-4-7-13(10-12)20(3,17)18/h4,6-7,10-11H,5,8-9H2,1-3H3,(H,15,16). The summed E-state index contributed by atoms with van der Waals surface area (Å²) in [5.41, 5.74) is 0.345. The van der Waals surface area contributed by atoms with Gasteiger partial charge in [-0.15, -0.1) is 0 Å². The Morgan fingerprint density at radius 2 is 2.05 bits per heavy atom. The van der Waals surface area contributed by atoms with Gasteiger partial charge in [0.15, 0.2) is 9.84 Å². The minimum Gasteiger partial charge on any atom is -0.379 e. The van der Waals surface area contributed by atoms with Gasteiger partial charge in [-0.05, 0) is 38.5 Å². The second-order valence-corrected chi connectivity index (χ2v) is 6.84. The molecule has 20 heavy (non-hydrogen) atoms. The molecule has 112 valence electrons. The minimum absolute atomic E-state index is 0.147. The van der Waals surface area contributed by atoms with Crippen LogP contribution in [0.25, 0.3) is 0 Å². The fourth-order valence-electron chi connectivity index (χ4n) is 1.56. The van der Waals surface area contributed by atoms with Gasteiger partial charge in [-0.2, -0.15) is 0 Å². The zero-order valence-electron chi connectivity index (χ0n) is 12.0. The molecular formula is C14H21NO4S. The van der Waals surface area contributed by atoms with Gasteiger partial charge in [0.05, 0.1) is 11.0 Å². The number of rotatable bonds is 7. The first-order valence-electron chi connectivity index (χ1n) is 6.50. The molecule has 0 aliphatic carbocycles. The lowest BCUT2D eigenvalue weighted by Gasteiger charge is -2.08. The Morgan fingerprint density at radius 1 is 1.35 bits per heavy atom. The lowest BCUT2D eigenvalue weighted by atomic mass is 10.2. The molecule has 1 amide bonds. The smallest absolute Gasteiger partial charge is 0.251 e. The van der Waals surface area contributed by atoms with Crippen LogP contribution in [0.4, 0.5) is 0 Å². The van der Waals surface area contributed by atoms with Crippen molar-refractivity contribution in [3.63, 3.8) is 0 Å². The van der Waals surface area contributed by atoms with E-state index in [0.717, 1.165) is 12.7 Å². The third kappa shape index (κ3) is 5.71. The van der Waals surface area contributed by atoms with Crippen LogP contribution < -0.4 is 5.32 Å². The molecule has 0 aliphatic heterocycles. The SMILES string of the molecule is CC(C)OCCCNC(=O)c1cccc(S(C)(=O)=O)c1. The number of nitrogens with one attached hydrogen (secondary N) is 1. The predicted molar refractivity (Wildman–Crippen MR) is 77.6 cm³/mol. The van der Waals surface area contributed by atoms with Gasteiger partial charge in [-0.1, -0.05) is 6.07 Å². The van der Waals surface area contributed by atoms with Crippen LogP contribution in [0.15, 0.2) is 29.2 Å². The van der Waals surface area contributed by atoms with Gasteiger partial charge in [-0.25, -0.2) is 8.42 Å². The van der Waals surface area contributed by atoms with Gasteiger partial charge >= 0.3 is 0 Å². The molecule has 0 atom stereocenters. The van der Waals surface area contributed by atoms with Crippen LogP contribution >= 0.6 is 0 Å². The van der Waals surface area contributed by atoms with Crippen LogP contribution in [-0.2, 0) is 14.6 Å². The largest absolute Gasteiger partial charge is 0.379 e. The van der Waals surface area contributed by atoms with Crippen LogP contribution in [-0.4, -0.2) is 39.8 Å². The quantitative estimate of drug-likeness (QED) is 0.777. The number of carbonyl (C=O) groups is 1. The zero-order valence-corrected chi connectivity index (χ0v) is 12.9. The van der Waals surface area contributed by atoms with Crippen molar-refractivity contribution in [2.45, 2.75) is 31.3 Å². The summed E-state index contributed by atoms with van der Waals surface area (Å²) in [6, 6.07) is 6.01. The molecule has 5 nitrogen and oxygen atoms in total. The second-order valence-electron chi connectivity index (χ2n) is 4.83. The molecule has 0 aromatic heterocycles. The summed E-state index contributed by atoms with van der Waals surface area (Å²) in [6.45, 7) is 4.99. The van der Waals surface area contributed by atoms with Gasteiger partial charge in [0, 0.05) is 25.0 Å². The van der Waals surface area contributed by atoms with Gasteiger partial charge in [-0.3, -0.25) is 4.79 Å². The molecule has 0 spiro atoms. The molecule has 0 radical (unpaired) electrons. The highest BCUT2D eigenvalue weighted by atomic mass is 32.2. The lowest BCUT2D eigenvalue weighted by Crippen LogP contribution is -2.25. The van der Waals surface area contributed by atoms with Gasteiger partial charge in [0.25, 0.3) is 5.91 Å². The fraction of sp³-hybridized carbons (Fsp3) is 0.500. The Labute approximate surface area is 120 Å². The summed E-state index contributed by atoms with van der Waals surface area (Å²) in [4.78, 5) is 12.0. The maximum atomic E-state index is 11.9. The van der Waals surface area contributed by atoms with Crippen LogP contribution in [0, 0.1) is 0 Å².